The molecule has 1 atom stereocenters. The average molecular weight is 327 g/mol. The molecule has 1 aliphatic heterocycles. The minimum Gasteiger partial charge on any atom is -0.357 e. The minimum atomic E-state index is -0.317. The molecular formula is C18H25N5O. The van der Waals surface area contributed by atoms with Crippen molar-refractivity contribution in [3.63, 3.8) is 0 Å². The summed E-state index contributed by atoms with van der Waals surface area (Å²) < 4.78 is 1.65. The van der Waals surface area contributed by atoms with E-state index in [2.05, 4.69) is 33.3 Å². The Kier molecular flexibility index (Phi) is 5.13. The molecule has 2 aromatic rings. The second-order valence-corrected chi connectivity index (χ2v) is 6.57. The number of aromatic nitrogens is 3. The van der Waals surface area contributed by atoms with E-state index in [1.807, 2.05) is 25.3 Å². The van der Waals surface area contributed by atoms with Crippen LogP contribution >= 0.6 is 0 Å². The van der Waals surface area contributed by atoms with Gasteiger partial charge in [0, 0.05) is 38.2 Å². The molecule has 0 unspecified atom stereocenters. The zero-order valence-corrected chi connectivity index (χ0v) is 14.4. The molecule has 0 spiro atoms. The Labute approximate surface area is 142 Å². The molecule has 1 fully saturated rings. The largest absolute Gasteiger partial charge is 0.357 e. The molecule has 0 radical (unpaired) electrons. The van der Waals surface area contributed by atoms with Gasteiger partial charge in [-0.15, -0.1) is 0 Å². The second-order valence-electron chi connectivity index (χ2n) is 6.57. The van der Waals surface area contributed by atoms with E-state index in [1.54, 1.807) is 17.1 Å². The van der Waals surface area contributed by atoms with Crippen molar-refractivity contribution >= 4 is 11.7 Å². The third-order valence-electron chi connectivity index (χ3n) is 4.68. The number of nitrogens with one attached hydrogen (secondary N) is 1. The zero-order valence-electron chi connectivity index (χ0n) is 14.4. The van der Waals surface area contributed by atoms with E-state index in [-0.39, 0.29) is 11.9 Å². The van der Waals surface area contributed by atoms with Crippen molar-refractivity contribution in [2.45, 2.75) is 39.3 Å². The Hall–Kier alpha value is -2.37. The third-order valence-corrected chi connectivity index (χ3v) is 4.68. The first-order valence-corrected chi connectivity index (χ1v) is 8.60. The summed E-state index contributed by atoms with van der Waals surface area (Å²) in [5.41, 5.74) is 1.00. The van der Waals surface area contributed by atoms with Gasteiger partial charge in [0.05, 0.1) is 0 Å². The monoisotopic (exact) mass is 327 g/mol. The van der Waals surface area contributed by atoms with Gasteiger partial charge in [-0.1, -0.05) is 13.0 Å². The summed E-state index contributed by atoms with van der Waals surface area (Å²) in [6, 6.07) is 5.59. The predicted octanol–water partition coefficient (Wildman–Crippen LogP) is 2.39. The van der Waals surface area contributed by atoms with Crippen LogP contribution in [-0.4, -0.2) is 33.8 Å². The number of hydrogen-bond acceptors (Lipinski definition) is 4. The first-order valence-electron chi connectivity index (χ1n) is 8.60. The molecule has 0 bridgehead atoms. The van der Waals surface area contributed by atoms with Crippen LogP contribution in [0.1, 0.15) is 38.3 Å². The van der Waals surface area contributed by atoms with Crippen LogP contribution in [0.15, 0.2) is 36.8 Å². The van der Waals surface area contributed by atoms with Gasteiger partial charge in [-0.25, -0.2) is 4.98 Å². The lowest BCUT2D eigenvalue weighted by atomic mass is 9.99. The Morgan fingerprint density at radius 1 is 1.38 bits per heavy atom. The summed E-state index contributed by atoms with van der Waals surface area (Å²) in [4.78, 5) is 19.1. The highest BCUT2D eigenvalue weighted by atomic mass is 16.2. The van der Waals surface area contributed by atoms with Crippen molar-refractivity contribution in [1.29, 1.82) is 0 Å². The highest BCUT2D eigenvalue weighted by Crippen LogP contribution is 2.21. The van der Waals surface area contributed by atoms with Crippen LogP contribution in [-0.2, 0) is 11.3 Å². The van der Waals surface area contributed by atoms with E-state index < -0.39 is 0 Å². The minimum absolute atomic E-state index is 0.0483. The number of piperidine rings is 1. The van der Waals surface area contributed by atoms with E-state index in [1.165, 1.54) is 12.8 Å². The van der Waals surface area contributed by atoms with Crippen molar-refractivity contribution in [2.75, 3.05) is 18.0 Å². The Balaban J connectivity index is 1.52. The molecule has 3 heterocycles. The lowest BCUT2D eigenvalue weighted by molar-refractivity contribution is -0.124. The van der Waals surface area contributed by atoms with Crippen LogP contribution < -0.4 is 10.2 Å². The number of amides is 1. The maximum absolute atomic E-state index is 12.2. The summed E-state index contributed by atoms with van der Waals surface area (Å²) in [6.45, 7) is 6.77. The maximum atomic E-state index is 12.2. The van der Waals surface area contributed by atoms with Crippen LogP contribution in [0, 0.1) is 5.92 Å². The van der Waals surface area contributed by atoms with Gasteiger partial charge < -0.3 is 10.2 Å². The second kappa shape index (κ2) is 7.47. The summed E-state index contributed by atoms with van der Waals surface area (Å²) >= 11 is 0. The van der Waals surface area contributed by atoms with Crippen LogP contribution in [0.3, 0.4) is 0 Å². The molecule has 2 aromatic heterocycles. The highest BCUT2D eigenvalue weighted by Gasteiger charge is 2.17. The average Bonchev–Trinajstić information content (AvgIpc) is 3.15. The van der Waals surface area contributed by atoms with Crippen molar-refractivity contribution in [1.82, 2.24) is 20.1 Å². The maximum Gasteiger partial charge on any atom is 0.244 e. The molecule has 1 N–H and O–H groups in total. The van der Waals surface area contributed by atoms with Gasteiger partial charge in [0.25, 0.3) is 0 Å². The molecule has 1 saturated heterocycles. The lowest BCUT2D eigenvalue weighted by Gasteiger charge is -2.31. The molecule has 128 valence electrons. The smallest absolute Gasteiger partial charge is 0.244 e. The van der Waals surface area contributed by atoms with E-state index >= 15 is 0 Å². The van der Waals surface area contributed by atoms with Gasteiger partial charge in [0.15, 0.2) is 0 Å². The molecule has 6 heteroatoms. The molecule has 1 aliphatic rings. The van der Waals surface area contributed by atoms with Crippen LogP contribution in [0.5, 0.6) is 0 Å². The van der Waals surface area contributed by atoms with Crippen LogP contribution in [0.4, 0.5) is 5.82 Å². The van der Waals surface area contributed by atoms with Crippen molar-refractivity contribution < 1.29 is 4.79 Å². The van der Waals surface area contributed by atoms with E-state index in [4.69, 9.17) is 0 Å². The van der Waals surface area contributed by atoms with Gasteiger partial charge >= 0.3 is 0 Å². The van der Waals surface area contributed by atoms with Crippen molar-refractivity contribution in [3.8, 4) is 0 Å². The van der Waals surface area contributed by atoms with E-state index in [0.717, 1.165) is 30.4 Å². The lowest BCUT2D eigenvalue weighted by Crippen LogP contribution is -2.33. The van der Waals surface area contributed by atoms with Crippen molar-refractivity contribution in [3.05, 3.63) is 42.4 Å². The number of rotatable bonds is 5. The summed E-state index contributed by atoms with van der Waals surface area (Å²) in [7, 11) is 0. The molecule has 1 amide bonds. The number of nitrogens with zero attached hydrogens (tertiary/aromatic N) is 4. The van der Waals surface area contributed by atoms with Gasteiger partial charge in [0.1, 0.15) is 11.9 Å². The van der Waals surface area contributed by atoms with Gasteiger partial charge in [-0.2, -0.15) is 5.10 Å². The van der Waals surface area contributed by atoms with Crippen LogP contribution in [0.2, 0.25) is 0 Å². The summed E-state index contributed by atoms with van der Waals surface area (Å²) in [5, 5.41) is 7.04. The Bertz CT molecular complexity index is 645. The molecule has 24 heavy (non-hydrogen) atoms. The molecule has 6 nitrogen and oxygen atoms in total. The van der Waals surface area contributed by atoms with Crippen LogP contribution in [0.25, 0.3) is 0 Å². The Morgan fingerprint density at radius 2 is 2.17 bits per heavy atom. The SMILES string of the molecule is CC1CCN(c2ccc(CNC(=O)[C@H](C)n3cccn3)cn2)CC1. The normalized spacial score (nSPS) is 16.8. The van der Waals surface area contributed by atoms with Gasteiger partial charge in [-0.3, -0.25) is 9.48 Å². The zero-order chi connectivity index (χ0) is 16.9. The van der Waals surface area contributed by atoms with Gasteiger partial charge in [-0.05, 0) is 43.4 Å². The van der Waals surface area contributed by atoms with E-state index in [0.29, 0.717) is 6.54 Å². The quantitative estimate of drug-likeness (QED) is 0.916. The molecule has 0 saturated carbocycles. The molecule has 0 aliphatic carbocycles. The topological polar surface area (TPSA) is 63.1 Å². The number of carbonyl (C=O) groups excluding carboxylic acids is 1. The standard InChI is InChI=1S/C18H25N5O/c1-14-6-10-22(11-7-14)17-5-4-16(12-19-17)13-20-18(24)15(2)23-9-3-8-21-23/h3-5,8-9,12,14-15H,6-7,10-11,13H2,1-2H3,(H,20,24)/t15-/m0/s1. The summed E-state index contributed by atoms with van der Waals surface area (Å²) in [6.07, 6.45) is 7.77. The van der Waals surface area contributed by atoms with Crippen molar-refractivity contribution in [2.24, 2.45) is 5.92 Å². The highest BCUT2D eigenvalue weighted by molar-refractivity contribution is 5.79. The third kappa shape index (κ3) is 3.93. The molecule has 3 rings (SSSR count). The van der Waals surface area contributed by atoms with E-state index in [9.17, 15) is 4.79 Å². The number of carbonyl (C=O) groups is 1. The Morgan fingerprint density at radius 3 is 2.79 bits per heavy atom. The number of pyridine rings is 1. The fourth-order valence-electron chi connectivity index (χ4n) is 2.91. The number of hydrogen-bond donors (Lipinski definition) is 1. The predicted molar refractivity (Wildman–Crippen MR) is 93.6 cm³/mol. The molecular weight excluding hydrogens is 302 g/mol. The number of anilines is 1. The molecule has 0 aromatic carbocycles. The summed E-state index contributed by atoms with van der Waals surface area (Å²) in [5.74, 6) is 1.79. The van der Waals surface area contributed by atoms with Gasteiger partial charge in [0.2, 0.25) is 5.91 Å². The fourth-order valence-corrected chi connectivity index (χ4v) is 2.91. The first kappa shape index (κ1) is 16.5. The fraction of sp³-hybridized carbons (Fsp3) is 0.500. The first-order chi connectivity index (χ1) is 11.6.